The van der Waals surface area contributed by atoms with Gasteiger partial charge in [-0.3, -0.25) is 4.79 Å². The molecule has 0 aromatic carbocycles. The molecular formula is C13H18O2S. The fraction of sp³-hybridized carbons (Fsp3) is 0.615. The number of thiophene rings is 1. The van der Waals surface area contributed by atoms with Crippen LogP contribution in [0.3, 0.4) is 0 Å². The predicted octanol–water partition coefficient (Wildman–Crippen LogP) is 3.59. The Hall–Kier alpha value is -0.830. The van der Waals surface area contributed by atoms with Gasteiger partial charge in [0.15, 0.2) is 0 Å². The van der Waals surface area contributed by atoms with Crippen LogP contribution in [0.5, 0.6) is 0 Å². The van der Waals surface area contributed by atoms with Crippen molar-refractivity contribution < 1.29 is 9.53 Å². The highest BCUT2D eigenvalue weighted by Crippen LogP contribution is 2.38. The van der Waals surface area contributed by atoms with Crippen molar-refractivity contribution in [3.63, 3.8) is 0 Å². The van der Waals surface area contributed by atoms with Gasteiger partial charge in [0, 0.05) is 0 Å². The van der Waals surface area contributed by atoms with Crippen LogP contribution in [0.25, 0.3) is 0 Å². The first-order chi connectivity index (χ1) is 7.83. The zero-order chi connectivity index (χ0) is 11.4. The molecule has 2 nitrogen and oxygen atoms in total. The normalized spacial score (nSPS) is 18.6. The highest BCUT2D eigenvalue weighted by molar-refractivity contribution is 7.08. The maximum Gasteiger partial charge on any atom is 0.313 e. The van der Waals surface area contributed by atoms with Gasteiger partial charge in [-0.15, -0.1) is 0 Å². The molecule has 16 heavy (non-hydrogen) atoms. The van der Waals surface area contributed by atoms with E-state index >= 15 is 0 Å². The van der Waals surface area contributed by atoms with Gasteiger partial charge < -0.3 is 4.74 Å². The first-order valence-corrected chi connectivity index (χ1v) is 6.96. The molecule has 0 spiro atoms. The van der Waals surface area contributed by atoms with Crippen LogP contribution in [0.15, 0.2) is 16.8 Å². The molecule has 0 amide bonds. The van der Waals surface area contributed by atoms with Gasteiger partial charge in [0.05, 0.1) is 12.5 Å². The molecular weight excluding hydrogens is 220 g/mol. The number of esters is 1. The molecule has 3 heteroatoms. The second kappa shape index (κ2) is 5.48. The van der Waals surface area contributed by atoms with Crippen LogP contribution in [0.4, 0.5) is 0 Å². The molecule has 1 unspecified atom stereocenters. The molecule has 1 aromatic rings. The summed E-state index contributed by atoms with van der Waals surface area (Å²) in [4.78, 5) is 12.0. The quantitative estimate of drug-likeness (QED) is 0.749. The van der Waals surface area contributed by atoms with E-state index in [0.717, 1.165) is 5.56 Å². The van der Waals surface area contributed by atoms with E-state index in [1.807, 2.05) is 12.3 Å². The summed E-state index contributed by atoms with van der Waals surface area (Å²) in [5.74, 6) is 0.440. The Balaban J connectivity index is 2.15. The summed E-state index contributed by atoms with van der Waals surface area (Å²) in [6.45, 7) is 2.35. The topological polar surface area (TPSA) is 26.3 Å². The van der Waals surface area contributed by atoms with Gasteiger partial charge in [-0.2, -0.15) is 11.3 Å². The minimum absolute atomic E-state index is 0.0197. The maximum atomic E-state index is 12.0. The van der Waals surface area contributed by atoms with E-state index in [9.17, 15) is 4.79 Å². The highest BCUT2D eigenvalue weighted by atomic mass is 32.1. The van der Waals surface area contributed by atoms with Crippen molar-refractivity contribution in [1.82, 2.24) is 0 Å². The minimum atomic E-state index is -0.0344. The Kier molecular flexibility index (Phi) is 3.99. The number of hydrogen-bond acceptors (Lipinski definition) is 3. The summed E-state index contributed by atoms with van der Waals surface area (Å²) in [5, 5.41) is 4.12. The van der Waals surface area contributed by atoms with Crippen molar-refractivity contribution in [1.29, 1.82) is 0 Å². The molecule has 0 bridgehead atoms. The average Bonchev–Trinajstić information content (AvgIpc) is 2.91. The SMILES string of the molecule is CCOC(=O)C(c1ccsc1)C1CCCC1. The predicted molar refractivity (Wildman–Crippen MR) is 65.7 cm³/mol. The largest absolute Gasteiger partial charge is 0.466 e. The standard InChI is InChI=1S/C13H18O2S/c1-2-15-13(14)12(10-5-3-4-6-10)11-7-8-16-9-11/h7-10,12H,2-6H2,1H3. The zero-order valence-corrected chi connectivity index (χ0v) is 10.5. The third-order valence-electron chi connectivity index (χ3n) is 3.31. The summed E-state index contributed by atoms with van der Waals surface area (Å²) in [5.41, 5.74) is 1.15. The van der Waals surface area contributed by atoms with Crippen LogP contribution in [0, 0.1) is 5.92 Å². The van der Waals surface area contributed by atoms with Gasteiger partial charge in [0.2, 0.25) is 0 Å². The minimum Gasteiger partial charge on any atom is -0.466 e. The molecule has 2 rings (SSSR count). The van der Waals surface area contributed by atoms with Crippen molar-refractivity contribution in [2.45, 2.75) is 38.5 Å². The number of hydrogen-bond donors (Lipinski definition) is 0. The van der Waals surface area contributed by atoms with Crippen LogP contribution >= 0.6 is 11.3 Å². The number of ether oxygens (including phenoxy) is 1. The van der Waals surface area contributed by atoms with Crippen LogP contribution in [-0.2, 0) is 9.53 Å². The van der Waals surface area contributed by atoms with Gasteiger partial charge in [0.1, 0.15) is 0 Å². The van der Waals surface area contributed by atoms with Crippen molar-refractivity contribution in [3.8, 4) is 0 Å². The molecule has 0 saturated heterocycles. The van der Waals surface area contributed by atoms with Crippen molar-refractivity contribution in [2.24, 2.45) is 5.92 Å². The van der Waals surface area contributed by atoms with Gasteiger partial charge in [-0.05, 0) is 48.1 Å². The summed E-state index contributed by atoms with van der Waals surface area (Å²) in [6.07, 6.45) is 4.84. The summed E-state index contributed by atoms with van der Waals surface area (Å²) in [6, 6.07) is 2.06. The molecule has 1 atom stereocenters. The second-order valence-electron chi connectivity index (χ2n) is 4.33. The molecule has 1 heterocycles. The van der Waals surface area contributed by atoms with Crippen LogP contribution < -0.4 is 0 Å². The Morgan fingerprint density at radius 3 is 2.88 bits per heavy atom. The molecule has 0 radical (unpaired) electrons. The van der Waals surface area contributed by atoms with E-state index in [2.05, 4.69) is 11.4 Å². The van der Waals surface area contributed by atoms with E-state index < -0.39 is 0 Å². The number of carbonyl (C=O) groups excluding carboxylic acids is 1. The van der Waals surface area contributed by atoms with Gasteiger partial charge >= 0.3 is 5.97 Å². The number of carbonyl (C=O) groups is 1. The lowest BCUT2D eigenvalue weighted by atomic mass is 9.86. The van der Waals surface area contributed by atoms with Crippen molar-refractivity contribution in [3.05, 3.63) is 22.4 Å². The summed E-state index contributed by atoms with van der Waals surface area (Å²) in [7, 11) is 0. The summed E-state index contributed by atoms with van der Waals surface area (Å²) >= 11 is 1.65. The molecule has 1 aromatic heterocycles. The lowest BCUT2D eigenvalue weighted by Crippen LogP contribution is -2.22. The average molecular weight is 238 g/mol. The molecule has 1 aliphatic carbocycles. The van der Waals surface area contributed by atoms with Crippen molar-refractivity contribution >= 4 is 17.3 Å². The first kappa shape index (κ1) is 11.6. The first-order valence-electron chi connectivity index (χ1n) is 6.01. The smallest absolute Gasteiger partial charge is 0.313 e. The van der Waals surface area contributed by atoms with E-state index in [0.29, 0.717) is 12.5 Å². The second-order valence-corrected chi connectivity index (χ2v) is 5.11. The van der Waals surface area contributed by atoms with E-state index in [-0.39, 0.29) is 11.9 Å². The highest BCUT2D eigenvalue weighted by Gasteiger charge is 2.33. The van der Waals surface area contributed by atoms with Crippen molar-refractivity contribution in [2.75, 3.05) is 6.61 Å². The molecule has 1 aliphatic rings. The maximum absolute atomic E-state index is 12.0. The van der Waals surface area contributed by atoms with Gasteiger partial charge in [0.25, 0.3) is 0 Å². The van der Waals surface area contributed by atoms with E-state index in [1.165, 1.54) is 25.7 Å². The third kappa shape index (κ3) is 2.46. The monoisotopic (exact) mass is 238 g/mol. The Morgan fingerprint density at radius 1 is 1.56 bits per heavy atom. The zero-order valence-electron chi connectivity index (χ0n) is 9.65. The van der Waals surface area contributed by atoms with E-state index in [4.69, 9.17) is 4.74 Å². The van der Waals surface area contributed by atoms with Crippen LogP contribution in [-0.4, -0.2) is 12.6 Å². The third-order valence-corrected chi connectivity index (χ3v) is 4.02. The lowest BCUT2D eigenvalue weighted by Gasteiger charge is -2.20. The van der Waals surface area contributed by atoms with E-state index in [1.54, 1.807) is 11.3 Å². The molecule has 1 saturated carbocycles. The van der Waals surface area contributed by atoms with Gasteiger partial charge in [-0.1, -0.05) is 12.8 Å². The Bertz CT molecular complexity index is 326. The Labute approximate surface area is 101 Å². The van der Waals surface area contributed by atoms with Crippen LogP contribution in [0.1, 0.15) is 44.1 Å². The fourth-order valence-corrected chi connectivity index (χ4v) is 3.27. The van der Waals surface area contributed by atoms with Gasteiger partial charge in [-0.25, -0.2) is 0 Å². The summed E-state index contributed by atoms with van der Waals surface area (Å²) < 4.78 is 5.21. The molecule has 88 valence electrons. The fourth-order valence-electron chi connectivity index (χ4n) is 2.58. The Morgan fingerprint density at radius 2 is 2.31 bits per heavy atom. The molecule has 1 fully saturated rings. The number of rotatable bonds is 4. The lowest BCUT2D eigenvalue weighted by molar-refractivity contribution is -0.146. The van der Waals surface area contributed by atoms with Crippen LogP contribution in [0.2, 0.25) is 0 Å². The molecule has 0 N–H and O–H groups in total. The molecule has 0 aliphatic heterocycles.